The molecule has 1 unspecified atom stereocenters. The second-order valence-corrected chi connectivity index (χ2v) is 8.02. The molecule has 0 heterocycles. The number of benzene rings is 2. The first-order valence-corrected chi connectivity index (χ1v) is 10.2. The molecule has 146 valence electrons. The first-order chi connectivity index (χ1) is 13.4. The maximum atomic E-state index is 12.2. The fourth-order valence-corrected chi connectivity index (χ4v) is 3.11. The highest BCUT2D eigenvalue weighted by Crippen LogP contribution is 2.30. The van der Waals surface area contributed by atoms with Crippen LogP contribution in [0.1, 0.15) is 54.6 Å². The van der Waals surface area contributed by atoms with Crippen molar-refractivity contribution in [3.05, 3.63) is 64.1 Å². The summed E-state index contributed by atoms with van der Waals surface area (Å²) in [6.07, 6.45) is 2.26. The van der Waals surface area contributed by atoms with Gasteiger partial charge in [0.25, 0.3) is 0 Å². The molecule has 0 radical (unpaired) electrons. The number of hydrogen-bond acceptors (Lipinski definition) is 3. The van der Waals surface area contributed by atoms with Crippen LogP contribution < -0.4 is 10.6 Å². The molecule has 0 aliphatic heterocycles. The lowest BCUT2D eigenvalue weighted by Gasteiger charge is -2.15. The monoisotopic (exact) mass is 442 g/mol. The minimum absolute atomic E-state index is 0.0499. The van der Waals surface area contributed by atoms with E-state index in [1.807, 2.05) is 43.3 Å². The molecule has 0 spiro atoms. The Morgan fingerprint density at radius 2 is 1.64 bits per heavy atom. The van der Waals surface area contributed by atoms with E-state index in [1.165, 1.54) is 0 Å². The first kappa shape index (κ1) is 20.3. The van der Waals surface area contributed by atoms with Crippen molar-refractivity contribution in [1.82, 2.24) is 5.32 Å². The molecule has 2 aromatic rings. The number of halogens is 1. The van der Waals surface area contributed by atoms with Gasteiger partial charge in [-0.25, -0.2) is 0 Å². The number of Topliss-reactive ketones (excluding diaryl/α,β-unsaturated/α-hetero) is 1. The quantitative estimate of drug-likeness (QED) is 0.584. The third kappa shape index (κ3) is 5.76. The van der Waals surface area contributed by atoms with Crippen LogP contribution in [0.25, 0.3) is 0 Å². The smallest absolute Gasteiger partial charge is 0.227 e. The van der Waals surface area contributed by atoms with Gasteiger partial charge in [0.1, 0.15) is 0 Å². The van der Waals surface area contributed by atoms with Gasteiger partial charge in [-0.3, -0.25) is 14.4 Å². The number of rotatable bonds is 8. The fraction of sp³-hybridized carbons (Fsp3) is 0.318. The summed E-state index contributed by atoms with van der Waals surface area (Å²) in [4.78, 5) is 36.1. The molecule has 1 fully saturated rings. The second kappa shape index (κ2) is 9.15. The van der Waals surface area contributed by atoms with Crippen LogP contribution in [0.15, 0.2) is 53.0 Å². The maximum absolute atomic E-state index is 12.2. The van der Waals surface area contributed by atoms with Crippen molar-refractivity contribution in [3.63, 3.8) is 0 Å². The molecular formula is C22H23BrN2O3. The molecule has 2 aromatic carbocycles. The van der Waals surface area contributed by atoms with Gasteiger partial charge >= 0.3 is 0 Å². The van der Waals surface area contributed by atoms with E-state index in [0.29, 0.717) is 5.56 Å². The zero-order valence-corrected chi connectivity index (χ0v) is 17.3. The minimum Gasteiger partial charge on any atom is -0.350 e. The normalized spacial score (nSPS) is 14.2. The molecule has 2 N–H and O–H groups in total. The lowest BCUT2D eigenvalue weighted by atomic mass is 10.1. The number of carbonyl (C=O) groups excluding carboxylic acids is 3. The molecule has 0 saturated heterocycles. The predicted molar refractivity (Wildman–Crippen MR) is 112 cm³/mol. The summed E-state index contributed by atoms with van der Waals surface area (Å²) in [7, 11) is 0. The summed E-state index contributed by atoms with van der Waals surface area (Å²) in [5, 5.41) is 5.81. The molecule has 0 bridgehead atoms. The van der Waals surface area contributed by atoms with Crippen LogP contribution in [-0.2, 0) is 9.59 Å². The van der Waals surface area contributed by atoms with Crippen LogP contribution in [-0.4, -0.2) is 17.6 Å². The SMILES string of the molecule is CC(NC(=O)CCC(=O)c1ccc(Br)cc1)c1ccc(NC(=O)C2CC2)cc1. The second-order valence-electron chi connectivity index (χ2n) is 7.10. The van der Waals surface area contributed by atoms with Crippen molar-refractivity contribution < 1.29 is 14.4 Å². The average molecular weight is 443 g/mol. The van der Waals surface area contributed by atoms with E-state index in [-0.39, 0.29) is 42.4 Å². The van der Waals surface area contributed by atoms with Crippen LogP contribution in [0.4, 0.5) is 5.69 Å². The molecule has 1 atom stereocenters. The van der Waals surface area contributed by atoms with E-state index in [4.69, 9.17) is 0 Å². The first-order valence-electron chi connectivity index (χ1n) is 9.41. The van der Waals surface area contributed by atoms with Gasteiger partial charge in [-0.15, -0.1) is 0 Å². The molecule has 5 nitrogen and oxygen atoms in total. The lowest BCUT2D eigenvalue weighted by molar-refractivity contribution is -0.121. The molecule has 6 heteroatoms. The van der Waals surface area contributed by atoms with Gasteiger partial charge in [-0.1, -0.05) is 40.2 Å². The van der Waals surface area contributed by atoms with Gasteiger partial charge in [-0.05, 0) is 49.6 Å². The number of amides is 2. The van der Waals surface area contributed by atoms with E-state index >= 15 is 0 Å². The van der Waals surface area contributed by atoms with Crippen molar-refractivity contribution >= 4 is 39.2 Å². The van der Waals surface area contributed by atoms with Crippen molar-refractivity contribution in [1.29, 1.82) is 0 Å². The van der Waals surface area contributed by atoms with Gasteiger partial charge in [0.15, 0.2) is 5.78 Å². The third-order valence-electron chi connectivity index (χ3n) is 4.75. The summed E-state index contributed by atoms with van der Waals surface area (Å²) in [5.41, 5.74) is 2.31. The van der Waals surface area contributed by atoms with Crippen molar-refractivity contribution in [2.45, 2.75) is 38.6 Å². The topological polar surface area (TPSA) is 75.3 Å². The molecule has 28 heavy (non-hydrogen) atoms. The third-order valence-corrected chi connectivity index (χ3v) is 5.28. The van der Waals surface area contributed by atoms with E-state index < -0.39 is 0 Å². The van der Waals surface area contributed by atoms with E-state index in [2.05, 4.69) is 26.6 Å². The predicted octanol–water partition coefficient (Wildman–Crippen LogP) is 4.64. The van der Waals surface area contributed by atoms with Crippen LogP contribution in [0.5, 0.6) is 0 Å². The highest BCUT2D eigenvalue weighted by molar-refractivity contribution is 9.10. The molecular weight excluding hydrogens is 420 g/mol. The van der Waals surface area contributed by atoms with Gasteiger partial charge in [0.2, 0.25) is 11.8 Å². The number of anilines is 1. The number of ketones is 1. The summed E-state index contributed by atoms with van der Waals surface area (Å²) >= 11 is 3.34. The Bertz CT molecular complexity index is 858. The standard InChI is InChI=1S/C22H23BrN2O3/c1-14(15-6-10-19(11-7-15)25-22(28)17-2-3-17)24-21(27)13-12-20(26)16-4-8-18(23)9-5-16/h4-11,14,17H,2-3,12-13H2,1H3,(H,24,27)(H,25,28). The summed E-state index contributed by atoms with van der Waals surface area (Å²) < 4.78 is 0.911. The highest BCUT2D eigenvalue weighted by atomic mass is 79.9. The van der Waals surface area contributed by atoms with Crippen LogP contribution in [0.2, 0.25) is 0 Å². The number of hydrogen-bond donors (Lipinski definition) is 2. The molecule has 3 rings (SSSR count). The van der Waals surface area contributed by atoms with Crippen molar-refractivity contribution in [2.75, 3.05) is 5.32 Å². The average Bonchev–Trinajstić information content (AvgIpc) is 3.52. The van der Waals surface area contributed by atoms with E-state index in [9.17, 15) is 14.4 Å². The number of carbonyl (C=O) groups is 3. The minimum atomic E-state index is -0.177. The van der Waals surface area contributed by atoms with E-state index in [1.54, 1.807) is 12.1 Å². The van der Waals surface area contributed by atoms with Crippen LogP contribution in [0.3, 0.4) is 0 Å². The van der Waals surface area contributed by atoms with Crippen LogP contribution >= 0.6 is 15.9 Å². The zero-order chi connectivity index (χ0) is 20.1. The highest BCUT2D eigenvalue weighted by Gasteiger charge is 2.29. The Morgan fingerprint density at radius 1 is 1.00 bits per heavy atom. The number of nitrogens with one attached hydrogen (secondary N) is 2. The largest absolute Gasteiger partial charge is 0.350 e. The van der Waals surface area contributed by atoms with Gasteiger partial charge in [0, 0.05) is 34.5 Å². The Morgan fingerprint density at radius 3 is 2.25 bits per heavy atom. The summed E-state index contributed by atoms with van der Waals surface area (Å²) in [5.74, 6) is 0.0256. The van der Waals surface area contributed by atoms with E-state index in [0.717, 1.165) is 28.6 Å². The van der Waals surface area contributed by atoms with Crippen LogP contribution in [0, 0.1) is 5.92 Å². The Kier molecular flexibility index (Phi) is 6.62. The molecule has 1 saturated carbocycles. The Balaban J connectivity index is 1.46. The lowest BCUT2D eigenvalue weighted by Crippen LogP contribution is -2.27. The van der Waals surface area contributed by atoms with Crippen molar-refractivity contribution in [2.24, 2.45) is 5.92 Å². The van der Waals surface area contributed by atoms with Crippen molar-refractivity contribution in [3.8, 4) is 0 Å². The fourth-order valence-electron chi connectivity index (χ4n) is 2.85. The summed E-state index contributed by atoms with van der Waals surface area (Å²) in [6, 6.07) is 14.4. The van der Waals surface area contributed by atoms with Gasteiger partial charge in [0.05, 0.1) is 6.04 Å². The molecule has 1 aliphatic rings. The summed E-state index contributed by atoms with van der Waals surface area (Å²) in [6.45, 7) is 1.90. The molecule has 0 aromatic heterocycles. The molecule has 2 amide bonds. The van der Waals surface area contributed by atoms with Gasteiger partial charge in [-0.2, -0.15) is 0 Å². The Hall–Kier alpha value is -2.47. The zero-order valence-electron chi connectivity index (χ0n) is 15.7. The Labute approximate surface area is 173 Å². The van der Waals surface area contributed by atoms with Gasteiger partial charge < -0.3 is 10.6 Å². The maximum Gasteiger partial charge on any atom is 0.227 e. The molecule has 1 aliphatic carbocycles.